The van der Waals surface area contributed by atoms with Gasteiger partial charge in [-0.3, -0.25) is 0 Å². The summed E-state index contributed by atoms with van der Waals surface area (Å²) in [5.41, 5.74) is 0. The van der Waals surface area contributed by atoms with E-state index in [2.05, 4.69) is 33.0 Å². The maximum absolute atomic E-state index is 3.56. The Morgan fingerprint density at radius 2 is 1.47 bits per heavy atom. The number of nitrogens with one attached hydrogen (secondary N) is 1. The first-order valence-corrected chi connectivity index (χ1v) is 6.91. The lowest BCUT2D eigenvalue weighted by Gasteiger charge is -2.12. The van der Waals surface area contributed by atoms with Gasteiger partial charge in [0, 0.05) is 0 Å². The zero-order valence-corrected chi connectivity index (χ0v) is 11.3. The van der Waals surface area contributed by atoms with Gasteiger partial charge in [-0.05, 0) is 37.8 Å². The van der Waals surface area contributed by atoms with Gasteiger partial charge in [-0.15, -0.1) is 0 Å². The molecule has 0 fully saturated rings. The van der Waals surface area contributed by atoms with Crippen molar-refractivity contribution in [1.82, 2.24) is 5.32 Å². The van der Waals surface area contributed by atoms with Gasteiger partial charge in [0.25, 0.3) is 0 Å². The van der Waals surface area contributed by atoms with Crippen molar-refractivity contribution in [2.45, 2.75) is 66.2 Å². The topological polar surface area (TPSA) is 12.0 Å². The maximum Gasteiger partial charge on any atom is -0.00464 e. The lowest BCUT2D eigenvalue weighted by atomic mass is 10.0. The number of hydrogen-bond donors (Lipinski definition) is 1. The van der Waals surface area contributed by atoms with Gasteiger partial charge in [0.05, 0.1) is 0 Å². The van der Waals surface area contributed by atoms with Crippen molar-refractivity contribution in [3.8, 4) is 0 Å². The second kappa shape index (κ2) is 10.5. The van der Waals surface area contributed by atoms with Crippen molar-refractivity contribution >= 4 is 0 Å². The van der Waals surface area contributed by atoms with Gasteiger partial charge >= 0.3 is 0 Å². The van der Waals surface area contributed by atoms with E-state index in [1.54, 1.807) is 0 Å². The Bertz CT molecular complexity index is 123. The summed E-state index contributed by atoms with van der Waals surface area (Å²) in [5, 5.41) is 3.56. The Labute approximate surface area is 97.0 Å². The number of unbranched alkanes of at least 4 members (excludes halogenated alkanes) is 1. The van der Waals surface area contributed by atoms with Crippen molar-refractivity contribution in [3.63, 3.8) is 0 Å². The van der Waals surface area contributed by atoms with Crippen LogP contribution in [0.3, 0.4) is 0 Å². The minimum atomic E-state index is 0.884. The normalized spacial score (nSPS) is 15.2. The Hall–Kier alpha value is -0.0400. The summed E-state index contributed by atoms with van der Waals surface area (Å²) in [7, 11) is 0. The molecule has 1 nitrogen and oxygen atoms in total. The van der Waals surface area contributed by atoms with Gasteiger partial charge < -0.3 is 5.32 Å². The lowest BCUT2D eigenvalue weighted by molar-refractivity contribution is 0.436. The molecule has 0 rings (SSSR count). The van der Waals surface area contributed by atoms with E-state index < -0.39 is 0 Å². The molecule has 0 heterocycles. The molecule has 0 saturated heterocycles. The van der Waals surface area contributed by atoms with Gasteiger partial charge in [0.1, 0.15) is 0 Å². The summed E-state index contributed by atoms with van der Waals surface area (Å²) in [4.78, 5) is 0. The van der Waals surface area contributed by atoms with Gasteiger partial charge in [-0.25, -0.2) is 0 Å². The second-order valence-electron chi connectivity index (χ2n) is 5.09. The lowest BCUT2D eigenvalue weighted by Crippen LogP contribution is -2.20. The van der Waals surface area contributed by atoms with Gasteiger partial charge in [0.2, 0.25) is 0 Å². The third-order valence-corrected chi connectivity index (χ3v) is 3.38. The summed E-state index contributed by atoms with van der Waals surface area (Å²) in [6.45, 7) is 11.7. The van der Waals surface area contributed by atoms with Crippen LogP contribution in [-0.4, -0.2) is 13.1 Å². The van der Waals surface area contributed by atoms with Crippen LogP contribution in [0, 0.1) is 11.8 Å². The largest absolute Gasteiger partial charge is 0.317 e. The minimum absolute atomic E-state index is 0.884. The second-order valence-corrected chi connectivity index (χ2v) is 5.09. The van der Waals surface area contributed by atoms with Gasteiger partial charge in [-0.2, -0.15) is 0 Å². The molecule has 0 radical (unpaired) electrons. The molecule has 0 bridgehead atoms. The van der Waals surface area contributed by atoms with E-state index in [1.165, 1.54) is 51.6 Å². The van der Waals surface area contributed by atoms with Crippen LogP contribution >= 0.6 is 0 Å². The molecule has 0 spiro atoms. The van der Waals surface area contributed by atoms with Crippen molar-refractivity contribution < 1.29 is 0 Å². The molecule has 15 heavy (non-hydrogen) atoms. The van der Waals surface area contributed by atoms with Crippen molar-refractivity contribution in [2.75, 3.05) is 13.1 Å². The predicted octanol–water partition coefficient (Wildman–Crippen LogP) is 4.23. The highest BCUT2D eigenvalue weighted by Crippen LogP contribution is 2.10. The minimum Gasteiger partial charge on any atom is -0.317 e. The van der Waals surface area contributed by atoms with Crippen LogP contribution < -0.4 is 5.32 Å². The van der Waals surface area contributed by atoms with Crippen molar-refractivity contribution in [2.24, 2.45) is 11.8 Å². The summed E-state index contributed by atoms with van der Waals surface area (Å²) >= 11 is 0. The molecular formula is C14H31N. The first-order chi connectivity index (χ1) is 7.20. The van der Waals surface area contributed by atoms with E-state index >= 15 is 0 Å². The summed E-state index contributed by atoms with van der Waals surface area (Å²) in [6.07, 6.45) is 8.14. The molecule has 0 aliphatic rings. The number of hydrogen-bond acceptors (Lipinski definition) is 1. The zero-order chi connectivity index (χ0) is 11.5. The molecule has 1 heteroatoms. The monoisotopic (exact) mass is 213 g/mol. The van der Waals surface area contributed by atoms with E-state index in [0.29, 0.717) is 0 Å². The molecule has 0 aromatic heterocycles. The maximum atomic E-state index is 3.56. The van der Waals surface area contributed by atoms with E-state index in [9.17, 15) is 0 Å². The third kappa shape index (κ3) is 10.2. The molecular weight excluding hydrogens is 182 g/mol. The van der Waals surface area contributed by atoms with E-state index in [1.807, 2.05) is 0 Å². The average Bonchev–Trinajstić information content (AvgIpc) is 2.25. The predicted molar refractivity (Wildman–Crippen MR) is 70.2 cm³/mol. The molecule has 92 valence electrons. The summed E-state index contributed by atoms with van der Waals surface area (Å²) in [6, 6.07) is 0. The molecule has 0 aromatic carbocycles. The third-order valence-electron chi connectivity index (χ3n) is 3.38. The molecule has 0 amide bonds. The Balaban J connectivity index is 3.16. The van der Waals surface area contributed by atoms with Crippen LogP contribution in [0.4, 0.5) is 0 Å². The highest BCUT2D eigenvalue weighted by atomic mass is 14.8. The molecule has 0 aliphatic carbocycles. The number of rotatable bonds is 10. The molecule has 1 N–H and O–H groups in total. The standard InChI is InChI=1S/C14H31N/c1-5-7-8-14(4)10-12-15-11-9-13(3)6-2/h13-15H,5-12H2,1-4H3. The highest BCUT2D eigenvalue weighted by molar-refractivity contribution is 4.58. The van der Waals surface area contributed by atoms with E-state index in [0.717, 1.165) is 11.8 Å². The molecule has 2 unspecified atom stereocenters. The highest BCUT2D eigenvalue weighted by Gasteiger charge is 2.01. The van der Waals surface area contributed by atoms with E-state index in [-0.39, 0.29) is 0 Å². The Kier molecular flexibility index (Phi) is 10.4. The molecule has 2 atom stereocenters. The first-order valence-electron chi connectivity index (χ1n) is 6.91. The van der Waals surface area contributed by atoms with E-state index in [4.69, 9.17) is 0 Å². The first kappa shape index (κ1) is 15.0. The fourth-order valence-electron chi connectivity index (χ4n) is 1.72. The fourth-order valence-corrected chi connectivity index (χ4v) is 1.72. The van der Waals surface area contributed by atoms with Crippen LogP contribution in [0.1, 0.15) is 66.2 Å². The van der Waals surface area contributed by atoms with Crippen LogP contribution in [0.5, 0.6) is 0 Å². The smallest absolute Gasteiger partial charge is 0.00464 e. The molecule has 0 aliphatic heterocycles. The van der Waals surface area contributed by atoms with Crippen molar-refractivity contribution in [3.05, 3.63) is 0 Å². The zero-order valence-electron chi connectivity index (χ0n) is 11.3. The van der Waals surface area contributed by atoms with Gasteiger partial charge in [-0.1, -0.05) is 53.4 Å². The van der Waals surface area contributed by atoms with Crippen LogP contribution in [0.2, 0.25) is 0 Å². The fraction of sp³-hybridized carbons (Fsp3) is 1.00. The van der Waals surface area contributed by atoms with Crippen LogP contribution in [0.25, 0.3) is 0 Å². The van der Waals surface area contributed by atoms with Crippen molar-refractivity contribution in [1.29, 1.82) is 0 Å². The summed E-state index contributed by atoms with van der Waals surface area (Å²) < 4.78 is 0. The van der Waals surface area contributed by atoms with Crippen LogP contribution in [0.15, 0.2) is 0 Å². The quantitative estimate of drug-likeness (QED) is 0.536. The Morgan fingerprint density at radius 3 is 2.00 bits per heavy atom. The Morgan fingerprint density at radius 1 is 0.867 bits per heavy atom. The summed E-state index contributed by atoms with van der Waals surface area (Å²) in [5.74, 6) is 1.79. The SMILES string of the molecule is CCCCC(C)CCNCCC(C)CC. The molecule has 0 saturated carbocycles. The molecule has 0 aromatic rings. The van der Waals surface area contributed by atoms with Crippen LogP contribution in [-0.2, 0) is 0 Å². The van der Waals surface area contributed by atoms with Gasteiger partial charge in [0.15, 0.2) is 0 Å². The average molecular weight is 213 g/mol.